The fraction of sp³-hybridized carbons (Fsp3) is 0.367. The number of carbonyl (C=O) groups excluding carboxylic acids is 3. The van der Waals surface area contributed by atoms with Crippen molar-refractivity contribution in [2.75, 3.05) is 6.54 Å². The van der Waals surface area contributed by atoms with E-state index in [1.54, 1.807) is 25.7 Å². The first kappa shape index (κ1) is 26.2. The van der Waals surface area contributed by atoms with Crippen LogP contribution in [0.1, 0.15) is 44.7 Å². The molecule has 7 heteroatoms. The molecule has 0 bridgehead atoms. The molecule has 0 aliphatic carbocycles. The van der Waals surface area contributed by atoms with Crippen molar-refractivity contribution in [3.63, 3.8) is 0 Å². The van der Waals surface area contributed by atoms with E-state index >= 15 is 0 Å². The number of esters is 1. The predicted octanol–water partition coefficient (Wildman–Crippen LogP) is 5.01. The summed E-state index contributed by atoms with van der Waals surface area (Å²) in [5.74, 6) is -0.756. The number of carbonyl (C=O) groups is 3. The first-order valence-corrected chi connectivity index (χ1v) is 12.7. The van der Waals surface area contributed by atoms with E-state index in [0.717, 1.165) is 21.9 Å². The first-order valence-electron chi connectivity index (χ1n) is 12.7. The summed E-state index contributed by atoms with van der Waals surface area (Å²) in [5, 5.41) is 4.83. The highest BCUT2D eigenvalue weighted by Gasteiger charge is 2.39. The smallest absolute Gasteiger partial charge is 0.408 e. The Morgan fingerprint density at radius 3 is 2.43 bits per heavy atom. The summed E-state index contributed by atoms with van der Waals surface area (Å²) >= 11 is 0. The van der Waals surface area contributed by atoms with E-state index in [1.807, 2.05) is 72.8 Å². The molecule has 0 saturated carbocycles. The van der Waals surface area contributed by atoms with Gasteiger partial charge in [-0.15, -0.1) is 0 Å². The zero-order valence-corrected chi connectivity index (χ0v) is 21.6. The van der Waals surface area contributed by atoms with Crippen LogP contribution < -0.4 is 5.32 Å². The molecule has 1 aliphatic heterocycles. The Morgan fingerprint density at radius 2 is 1.68 bits per heavy atom. The number of fused-ring (bicyclic) bond motifs is 1. The van der Waals surface area contributed by atoms with Crippen LogP contribution in [0.5, 0.6) is 0 Å². The average molecular weight is 503 g/mol. The average Bonchev–Trinajstić information content (AvgIpc) is 3.36. The maximum absolute atomic E-state index is 13.8. The van der Waals surface area contributed by atoms with Crippen molar-refractivity contribution >= 4 is 28.7 Å². The van der Waals surface area contributed by atoms with Crippen LogP contribution in [0.4, 0.5) is 4.79 Å². The van der Waals surface area contributed by atoms with Crippen LogP contribution in [0.25, 0.3) is 10.8 Å². The second kappa shape index (κ2) is 11.5. The lowest BCUT2D eigenvalue weighted by Gasteiger charge is -2.29. The molecule has 1 heterocycles. The summed E-state index contributed by atoms with van der Waals surface area (Å²) in [6.45, 7) is 5.88. The number of ether oxygens (including phenoxy) is 2. The Hall–Kier alpha value is -3.87. The molecule has 3 aromatic rings. The lowest BCUT2D eigenvalue weighted by atomic mass is 9.98. The van der Waals surface area contributed by atoms with Gasteiger partial charge in [0.2, 0.25) is 5.91 Å². The summed E-state index contributed by atoms with van der Waals surface area (Å²) in [7, 11) is 0. The van der Waals surface area contributed by atoms with Gasteiger partial charge in [0.25, 0.3) is 0 Å². The zero-order chi connectivity index (χ0) is 26.4. The minimum Gasteiger partial charge on any atom is -0.459 e. The molecule has 2 atom stereocenters. The van der Waals surface area contributed by atoms with Crippen molar-refractivity contribution in [2.24, 2.45) is 0 Å². The molecule has 1 aliphatic rings. The van der Waals surface area contributed by atoms with Gasteiger partial charge in [0, 0.05) is 13.0 Å². The fourth-order valence-electron chi connectivity index (χ4n) is 4.64. The van der Waals surface area contributed by atoms with Crippen molar-refractivity contribution in [1.29, 1.82) is 0 Å². The molecule has 3 aromatic carbocycles. The third-order valence-electron chi connectivity index (χ3n) is 6.32. The van der Waals surface area contributed by atoms with Crippen LogP contribution in [0.15, 0.2) is 72.8 Å². The molecular formula is C30H34N2O5. The molecule has 0 radical (unpaired) electrons. The Labute approximate surface area is 217 Å². The van der Waals surface area contributed by atoms with Crippen LogP contribution in [0.3, 0.4) is 0 Å². The van der Waals surface area contributed by atoms with Gasteiger partial charge in [-0.25, -0.2) is 9.59 Å². The van der Waals surface area contributed by atoms with Gasteiger partial charge >= 0.3 is 12.1 Å². The summed E-state index contributed by atoms with van der Waals surface area (Å²) in [6, 6.07) is 21.7. The molecule has 194 valence electrons. The third-order valence-corrected chi connectivity index (χ3v) is 6.32. The van der Waals surface area contributed by atoms with Crippen molar-refractivity contribution < 1.29 is 23.9 Å². The van der Waals surface area contributed by atoms with Crippen LogP contribution in [-0.4, -0.2) is 47.1 Å². The van der Waals surface area contributed by atoms with Gasteiger partial charge in [0.05, 0.1) is 0 Å². The van der Waals surface area contributed by atoms with Crippen LogP contribution in [0.2, 0.25) is 0 Å². The van der Waals surface area contributed by atoms with E-state index in [-0.39, 0.29) is 18.9 Å². The van der Waals surface area contributed by atoms with Crippen molar-refractivity contribution in [3.8, 4) is 0 Å². The van der Waals surface area contributed by atoms with E-state index in [0.29, 0.717) is 19.4 Å². The van der Waals surface area contributed by atoms with Crippen molar-refractivity contribution in [3.05, 3.63) is 83.9 Å². The lowest BCUT2D eigenvalue weighted by molar-refractivity contribution is -0.155. The number of hydrogen-bond donors (Lipinski definition) is 1. The monoisotopic (exact) mass is 502 g/mol. The third kappa shape index (κ3) is 6.88. The molecule has 7 nitrogen and oxygen atoms in total. The number of hydrogen-bond acceptors (Lipinski definition) is 5. The second-order valence-corrected chi connectivity index (χ2v) is 10.3. The van der Waals surface area contributed by atoms with Gasteiger partial charge in [-0.05, 0) is 55.5 Å². The van der Waals surface area contributed by atoms with Gasteiger partial charge in [0.15, 0.2) is 0 Å². The number of benzene rings is 3. The second-order valence-electron chi connectivity index (χ2n) is 10.3. The Balaban J connectivity index is 1.54. The Kier molecular flexibility index (Phi) is 8.11. The number of likely N-dealkylation sites (tertiary alicyclic amines) is 1. The summed E-state index contributed by atoms with van der Waals surface area (Å²) in [4.78, 5) is 41.1. The molecule has 0 spiro atoms. The standard InChI is InChI=1S/C30H34N2O5/c1-30(2,3)37-29(35)31-25(19-23-15-9-14-22-13-7-8-16-24(22)23)27(33)32-18-10-17-26(32)28(34)36-20-21-11-5-4-6-12-21/h4-9,11-16,25-26H,10,17-20H2,1-3H3,(H,31,35)/t25?,26-/m1/s1. The maximum atomic E-state index is 13.8. The van der Waals surface area contributed by atoms with Crippen LogP contribution in [-0.2, 0) is 32.1 Å². The predicted molar refractivity (Wildman–Crippen MR) is 142 cm³/mol. The number of alkyl carbamates (subject to hydrolysis) is 1. The molecule has 37 heavy (non-hydrogen) atoms. The summed E-state index contributed by atoms with van der Waals surface area (Å²) in [6.07, 6.45) is 0.798. The topological polar surface area (TPSA) is 84.9 Å². The molecule has 1 saturated heterocycles. The first-order chi connectivity index (χ1) is 17.7. The van der Waals surface area contributed by atoms with E-state index in [1.165, 1.54) is 0 Å². The molecule has 2 amide bonds. The van der Waals surface area contributed by atoms with E-state index in [9.17, 15) is 14.4 Å². The van der Waals surface area contributed by atoms with E-state index < -0.39 is 29.7 Å². The Bertz CT molecular complexity index is 1250. The number of nitrogens with one attached hydrogen (secondary N) is 1. The van der Waals surface area contributed by atoms with E-state index in [2.05, 4.69) is 5.32 Å². The molecular weight excluding hydrogens is 468 g/mol. The molecule has 1 N–H and O–H groups in total. The van der Waals surface area contributed by atoms with Crippen LogP contribution in [0, 0.1) is 0 Å². The number of amides is 2. The largest absolute Gasteiger partial charge is 0.459 e. The lowest BCUT2D eigenvalue weighted by Crippen LogP contribution is -2.53. The van der Waals surface area contributed by atoms with Gasteiger partial charge in [-0.2, -0.15) is 0 Å². The van der Waals surface area contributed by atoms with Gasteiger partial charge in [0.1, 0.15) is 24.3 Å². The minimum atomic E-state index is -0.900. The SMILES string of the molecule is CC(C)(C)OC(=O)NC(Cc1cccc2ccccc12)C(=O)N1CCC[C@@H]1C(=O)OCc1ccccc1. The van der Waals surface area contributed by atoms with Crippen molar-refractivity contribution in [2.45, 2.75) is 64.3 Å². The quantitative estimate of drug-likeness (QED) is 0.459. The molecule has 0 aromatic heterocycles. The Morgan fingerprint density at radius 1 is 0.973 bits per heavy atom. The highest BCUT2D eigenvalue weighted by atomic mass is 16.6. The van der Waals surface area contributed by atoms with Crippen molar-refractivity contribution in [1.82, 2.24) is 10.2 Å². The summed E-state index contributed by atoms with van der Waals surface area (Å²) < 4.78 is 11.0. The van der Waals surface area contributed by atoms with Crippen LogP contribution >= 0.6 is 0 Å². The van der Waals surface area contributed by atoms with Gasteiger partial charge < -0.3 is 19.7 Å². The van der Waals surface area contributed by atoms with Gasteiger partial charge in [-0.3, -0.25) is 4.79 Å². The van der Waals surface area contributed by atoms with Gasteiger partial charge in [-0.1, -0.05) is 72.8 Å². The summed E-state index contributed by atoms with van der Waals surface area (Å²) in [5.41, 5.74) is 1.09. The number of nitrogens with zero attached hydrogens (tertiary/aromatic N) is 1. The highest BCUT2D eigenvalue weighted by Crippen LogP contribution is 2.24. The molecule has 1 unspecified atom stereocenters. The molecule has 1 fully saturated rings. The van der Waals surface area contributed by atoms with E-state index in [4.69, 9.17) is 9.47 Å². The molecule has 4 rings (SSSR count). The highest BCUT2D eigenvalue weighted by molar-refractivity contribution is 5.92. The minimum absolute atomic E-state index is 0.147. The normalized spacial score (nSPS) is 16.3. The zero-order valence-electron chi connectivity index (χ0n) is 21.6. The maximum Gasteiger partial charge on any atom is 0.408 e. The fourth-order valence-corrected chi connectivity index (χ4v) is 4.64. The number of rotatable bonds is 7.